The number of hydrogen-bond donors (Lipinski definition) is 3. The molecular weight excluding hydrogens is 785 g/mol. The van der Waals surface area contributed by atoms with E-state index in [1.165, 1.54) is 5.57 Å². The van der Waals surface area contributed by atoms with Crippen molar-refractivity contribution in [3.05, 3.63) is 87.6 Å². The first-order valence-electron chi connectivity index (χ1n) is 22.1. The first kappa shape index (κ1) is 41.9. The number of nitrogens with one attached hydrogen (secondary N) is 2. The third kappa shape index (κ3) is 6.07. The average Bonchev–Trinajstić information content (AvgIpc) is 3.67. The number of aliphatic hydroxyl groups is 1. The zero-order valence-corrected chi connectivity index (χ0v) is 37.3. The van der Waals surface area contributed by atoms with Crippen LogP contribution in [-0.4, -0.2) is 67.9 Å². The number of fused-ring (bicyclic) bond motifs is 6. The maximum Gasteiger partial charge on any atom is 0.310 e. The Bertz CT molecular complexity index is 2600. The monoisotopic (exact) mass is 842 g/mol. The summed E-state index contributed by atoms with van der Waals surface area (Å²) in [5, 5.41) is 16.0. The van der Waals surface area contributed by atoms with Gasteiger partial charge in [-0.05, 0) is 105 Å². The highest BCUT2D eigenvalue weighted by atomic mass is 16.6. The molecule has 2 aromatic carbocycles. The van der Waals surface area contributed by atoms with E-state index in [9.17, 15) is 14.7 Å². The second-order valence-electron chi connectivity index (χ2n) is 19.0. The van der Waals surface area contributed by atoms with Crippen LogP contribution >= 0.6 is 0 Å². The zero-order valence-electron chi connectivity index (χ0n) is 37.3. The van der Waals surface area contributed by atoms with E-state index in [-0.39, 0.29) is 43.6 Å². The number of imidazole rings is 1. The summed E-state index contributed by atoms with van der Waals surface area (Å²) in [6.45, 7) is 17.8. The maximum absolute atomic E-state index is 15.8. The molecule has 4 aliphatic heterocycles. The number of amides is 1. The highest BCUT2D eigenvalue weighted by molar-refractivity contribution is 6.04. The van der Waals surface area contributed by atoms with E-state index in [2.05, 4.69) is 68.0 Å². The van der Waals surface area contributed by atoms with E-state index in [0.717, 1.165) is 34.2 Å². The van der Waals surface area contributed by atoms with Crippen LogP contribution < -0.4 is 24.8 Å². The summed E-state index contributed by atoms with van der Waals surface area (Å²) >= 11 is 0. The van der Waals surface area contributed by atoms with Crippen molar-refractivity contribution in [2.45, 2.75) is 129 Å². The molecule has 3 aromatic rings. The van der Waals surface area contributed by atoms with Crippen molar-refractivity contribution >= 4 is 46.4 Å². The number of Topliss-reactive ketones (excluding diaryl/α,β-unsaturated/α-hetero) is 1. The number of aromatic nitrogens is 2. The lowest BCUT2D eigenvalue weighted by atomic mass is 9.47. The molecule has 4 fully saturated rings. The predicted octanol–water partition coefficient (Wildman–Crippen LogP) is 8.49. The standard InChI is InChI=1S/C50H58N4O8/c1-10-36(56)59-42-31-20-22-48(9,21-13-14-27(2)3)60-41(31)30(18-17-28(4)5)43-37(42)39-38-40(54-34-16-12-11-15-33(34)52-46(54)53-39)32-26-35-47(7,8)62-49(44(32)57,50(35,38)61-43)23-19-29(6)45(58)51-24-25-55/h11-12,14-17,19-20,22,32,35,40,55H,10,13,18,21,23-26H2,1-9H3,(H,51,58)(H,52,53)/b29-19-. The first-order valence-corrected chi connectivity index (χ1v) is 22.1. The van der Waals surface area contributed by atoms with Crippen molar-refractivity contribution in [3.8, 4) is 17.2 Å². The molecule has 1 aromatic heterocycles. The number of benzene rings is 2. The van der Waals surface area contributed by atoms with Crippen molar-refractivity contribution < 1.29 is 38.4 Å². The highest BCUT2D eigenvalue weighted by Crippen LogP contribution is 2.74. The number of esters is 1. The van der Waals surface area contributed by atoms with Crippen LogP contribution in [0, 0.1) is 11.8 Å². The van der Waals surface area contributed by atoms with Gasteiger partial charge in [-0.1, -0.05) is 48.4 Å². The van der Waals surface area contributed by atoms with Crippen LogP contribution in [0.25, 0.3) is 22.8 Å². The number of carbonyl (C=O) groups excluding carboxylic acids is 3. The summed E-state index contributed by atoms with van der Waals surface area (Å²) in [5.74, 6) is 0.230. The third-order valence-corrected chi connectivity index (χ3v) is 13.9. The van der Waals surface area contributed by atoms with Gasteiger partial charge in [0.2, 0.25) is 11.9 Å². The number of anilines is 1. The minimum atomic E-state index is -1.56. The van der Waals surface area contributed by atoms with Crippen molar-refractivity contribution in [1.82, 2.24) is 14.9 Å². The molecule has 1 spiro atoms. The van der Waals surface area contributed by atoms with Gasteiger partial charge in [0.25, 0.3) is 0 Å². The molecule has 12 heteroatoms. The molecule has 7 aliphatic rings. The average molecular weight is 843 g/mol. The fourth-order valence-corrected chi connectivity index (χ4v) is 11.1. The lowest BCUT2D eigenvalue weighted by Crippen LogP contribution is -2.75. The van der Waals surface area contributed by atoms with E-state index in [0.29, 0.717) is 64.9 Å². The van der Waals surface area contributed by atoms with Gasteiger partial charge in [-0.25, -0.2) is 4.98 Å². The van der Waals surface area contributed by atoms with Gasteiger partial charge in [-0.2, -0.15) is 0 Å². The van der Waals surface area contributed by atoms with Gasteiger partial charge in [-0.15, -0.1) is 0 Å². The third-order valence-electron chi connectivity index (χ3n) is 13.9. The molecule has 62 heavy (non-hydrogen) atoms. The smallest absolute Gasteiger partial charge is 0.310 e. The highest BCUT2D eigenvalue weighted by Gasteiger charge is 2.84. The second-order valence-corrected chi connectivity index (χ2v) is 19.0. The molecule has 10 rings (SSSR count). The van der Waals surface area contributed by atoms with Crippen molar-refractivity contribution in [1.29, 1.82) is 0 Å². The molecule has 12 nitrogen and oxygen atoms in total. The van der Waals surface area contributed by atoms with Crippen molar-refractivity contribution in [3.63, 3.8) is 0 Å². The van der Waals surface area contributed by atoms with Gasteiger partial charge in [0.15, 0.2) is 22.7 Å². The quantitative estimate of drug-likeness (QED) is 0.0701. The Morgan fingerprint density at radius 2 is 1.81 bits per heavy atom. The lowest BCUT2D eigenvalue weighted by Gasteiger charge is -2.62. The van der Waals surface area contributed by atoms with E-state index in [1.807, 2.05) is 44.2 Å². The molecular formula is C50H58N4O8. The van der Waals surface area contributed by atoms with Crippen LogP contribution in [0.3, 0.4) is 0 Å². The molecule has 1 amide bonds. The number of nitrogens with zero attached hydrogens (tertiary/aromatic N) is 2. The molecule has 6 atom stereocenters. The fraction of sp³-hybridized carbons (Fsp3) is 0.480. The normalized spacial score (nSPS) is 27.9. The van der Waals surface area contributed by atoms with Crippen LogP contribution in [0.5, 0.6) is 17.2 Å². The summed E-state index contributed by atoms with van der Waals surface area (Å²) in [7, 11) is 0. The van der Waals surface area contributed by atoms with Gasteiger partial charge in [0.1, 0.15) is 17.1 Å². The zero-order chi connectivity index (χ0) is 44.1. The molecule has 4 bridgehead atoms. The van der Waals surface area contributed by atoms with Crippen LogP contribution in [0.1, 0.15) is 117 Å². The molecule has 5 heterocycles. The van der Waals surface area contributed by atoms with Gasteiger partial charge < -0.3 is 39.3 Å². The minimum absolute atomic E-state index is 0.0601. The summed E-state index contributed by atoms with van der Waals surface area (Å²) in [4.78, 5) is 47.8. The number of carbonyl (C=O) groups is 3. The predicted molar refractivity (Wildman–Crippen MR) is 238 cm³/mol. The summed E-state index contributed by atoms with van der Waals surface area (Å²) in [5.41, 5.74) is 3.40. The van der Waals surface area contributed by atoms with Crippen molar-refractivity contribution in [2.75, 3.05) is 18.5 Å². The number of aliphatic hydroxyl groups excluding tert-OH is 1. The largest absolute Gasteiger partial charge is 0.482 e. The Morgan fingerprint density at radius 1 is 1.05 bits per heavy atom. The Kier molecular flexibility index (Phi) is 10.0. The number of ether oxygens (including phenoxy) is 4. The molecule has 3 aliphatic carbocycles. The number of rotatable bonds is 12. The topological polar surface area (TPSA) is 150 Å². The fourth-order valence-electron chi connectivity index (χ4n) is 11.1. The summed E-state index contributed by atoms with van der Waals surface area (Å²) in [6.07, 6.45) is 12.8. The van der Waals surface area contributed by atoms with Gasteiger partial charge in [0.05, 0.1) is 46.1 Å². The molecule has 1 saturated heterocycles. The first-order chi connectivity index (χ1) is 29.5. The van der Waals surface area contributed by atoms with Crippen LogP contribution in [0.4, 0.5) is 5.95 Å². The van der Waals surface area contributed by atoms with E-state index in [1.54, 1.807) is 19.9 Å². The van der Waals surface area contributed by atoms with Crippen molar-refractivity contribution in [2.24, 2.45) is 11.8 Å². The second kappa shape index (κ2) is 14.8. The van der Waals surface area contributed by atoms with Gasteiger partial charge in [-0.3, -0.25) is 14.4 Å². The Labute approximate surface area is 363 Å². The van der Waals surface area contributed by atoms with E-state index >= 15 is 4.79 Å². The Morgan fingerprint density at radius 3 is 2.53 bits per heavy atom. The van der Waals surface area contributed by atoms with Gasteiger partial charge >= 0.3 is 5.97 Å². The lowest BCUT2D eigenvalue weighted by molar-refractivity contribution is -0.181. The number of para-hydroxylation sites is 2. The summed E-state index contributed by atoms with van der Waals surface area (Å²) in [6, 6.07) is 7.41. The van der Waals surface area contributed by atoms with Crippen LogP contribution in [-0.2, 0) is 25.5 Å². The van der Waals surface area contributed by atoms with Gasteiger partial charge in [0, 0.05) is 47.9 Å². The number of hydrogen-bond acceptors (Lipinski definition) is 10. The Balaban J connectivity index is 1.37. The SMILES string of the molecule is CCC(=O)Oc1c2c(c(CC=C(C)C)c3c1C1=C4C(C5CC6C(C)(C)OC(C/C=C(/C)C(=O)NCCO)(C5=O)C46O3)n3c(nc4ccccc43)N1)OC(C)(CCC=C(C)C)C=C2. The molecule has 3 N–H and O–H groups in total. The molecule has 0 radical (unpaired) electrons. The number of allylic oxidation sites excluding steroid dienone is 4. The molecule has 3 saturated carbocycles. The minimum Gasteiger partial charge on any atom is -0.482 e. The Hall–Kier alpha value is -5.46. The van der Waals surface area contributed by atoms with E-state index in [4.69, 9.17) is 23.9 Å². The van der Waals surface area contributed by atoms with Crippen LogP contribution in [0.2, 0.25) is 0 Å². The summed E-state index contributed by atoms with van der Waals surface area (Å²) < 4.78 is 30.9. The number of ketones is 1. The van der Waals surface area contributed by atoms with Crippen LogP contribution in [0.15, 0.2) is 70.9 Å². The molecule has 6 unspecified atom stereocenters. The molecule has 326 valence electrons. The maximum atomic E-state index is 15.8. The van der Waals surface area contributed by atoms with E-state index < -0.39 is 40.3 Å².